The van der Waals surface area contributed by atoms with Crippen LogP contribution < -0.4 is 4.74 Å². The van der Waals surface area contributed by atoms with Crippen molar-refractivity contribution in [1.29, 1.82) is 0 Å². The monoisotopic (exact) mass is 347 g/mol. The Hall–Kier alpha value is -1.90. The normalized spacial score (nSPS) is 18.0. The minimum atomic E-state index is -5.08. The van der Waals surface area contributed by atoms with Gasteiger partial charge in [0.1, 0.15) is 6.33 Å². The molecule has 0 radical (unpaired) electrons. The largest absolute Gasteiger partial charge is 0.490 e. The van der Waals surface area contributed by atoms with Gasteiger partial charge in [0.2, 0.25) is 5.88 Å². The zero-order valence-electron chi connectivity index (χ0n) is 13.3. The van der Waals surface area contributed by atoms with E-state index in [4.69, 9.17) is 14.6 Å². The molecule has 0 amide bonds. The Kier molecular flexibility index (Phi) is 5.98. The topological polar surface area (TPSA) is 75.6 Å². The van der Waals surface area contributed by atoms with Crippen LogP contribution in [0.1, 0.15) is 24.1 Å². The lowest BCUT2D eigenvalue weighted by atomic mass is 10.1. The van der Waals surface area contributed by atoms with E-state index in [-0.39, 0.29) is 0 Å². The van der Waals surface area contributed by atoms with E-state index < -0.39 is 12.1 Å². The van der Waals surface area contributed by atoms with Crippen molar-refractivity contribution in [2.24, 2.45) is 5.92 Å². The standard InChI is InChI=1S/C13H19N3O.C2HF3O2/c1-17-13-11-4-6-16(8-10-2-3-10)7-5-12(11)14-9-15-13;3-2(4,5)1(6)7/h9-10H,2-8H2,1H3;(H,6,7). The van der Waals surface area contributed by atoms with Gasteiger partial charge in [0.15, 0.2) is 0 Å². The zero-order valence-corrected chi connectivity index (χ0v) is 13.3. The van der Waals surface area contributed by atoms with Gasteiger partial charge in [-0.05, 0) is 25.2 Å². The van der Waals surface area contributed by atoms with Gasteiger partial charge in [-0.25, -0.2) is 14.8 Å². The Morgan fingerprint density at radius 1 is 1.33 bits per heavy atom. The Bertz CT molecular complexity index is 577. The predicted octanol–water partition coefficient (Wildman–Crippen LogP) is 1.93. The summed E-state index contributed by atoms with van der Waals surface area (Å²) in [5.74, 6) is -1.03. The first-order valence-corrected chi connectivity index (χ1v) is 7.70. The zero-order chi connectivity index (χ0) is 17.7. The molecule has 1 aliphatic carbocycles. The Balaban J connectivity index is 0.000000256. The first-order valence-electron chi connectivity index (χ1n) is 7.70. The average Bonchev–Trinajstić information content (AvgIpc) is 3.35. The summed E-state index contributed by atoms with van der Waals surface area (Å²) in [5, 5.41) is 7.12. The molecule has 3 rings (SSSR count). The third kappa shape index (κ3) is 5.33. The number of hydrogen-bond acceptors (Lipinski definition) is 5. The third-order valence-corrected chi connectivity index (χ3v) is 3.99. The van der Waals surface area contributed by atoms with Gasteiger partial charge >= 0.3 is 12.1 Å². The number of fused-ring (bicyclic) bond motifs is 1. The summed E-state index contributed by atoms with van der Waals surface area (Å²) < 4.78 is 37.1. The highest BCUT2D eigenvalue weighted by Crippen LogP contribution is 2.30. The molecule has 2 aliphatic rings. The van der Waals surface area contributed by atoms with E-state index >= 15 is 0 Å². The first-order chi connectivity index (χ1) is 11.3. The fourth-order valence-electron chi connectivity index (χ4n) is 2.57. The van der Waals surface area contributed by atoms with Crippen LogP contribution >= 0.6 is 0 Å². The second-order valence-electron chi connectivity index (χ2n) is 5.86. The summed E-state index contributed by atoms with van der Waals surface area (Å²) in [7, 11) is 1.69. The molecular weight excluding hydrogens is 327 g/mol. The number of hydrogen-bond donors (Lipinski definition) is 1. The van der Waals surface area contributed by atoms with E-state index in [1.165, 1.54) is 30.6 Å². The van der Waals surface area contributed by atoms with Crippen LogP contribution in [0.4, 0.5) is 13.2 Å². The lowest BCUT2D eigenvalue weighted by molar-refractivity contribution is -0.192. The molecule has 1 aromatic heterocycles. The van der Waals surface area contributed by atoms with Gasteiger partial charge < -0.3 is 14.7 Å². The highest BCUT2D eigenvalue weighted by atomic mass is 19.4. The number of carboxylic acid groups (broad SMARTS) is 1. The van der Waals surface area contributed by atoms with Crippen molar-refractivity contribution >= 4 is 5.97 Å². The molecule has 0 spiro atoms. The Morgan fingerprint density at radius 2 is 1.96 bits per heavy atom. The van der Waals surface area contributed by atoms with Crippen LogP contribution in [-0.4, -0.2) is 58.9 Å². The van der Waals surface area contributed by atoms with Gasteiger partial charge in [-0.2, -0.15) is 13.2 Å². The van der Waals surface area contributed by atoms with Crippen LogP contribution in [0.15, 0.2) is 6.33 Å². The molecule has 0 unspecified atom stereocenters. The molecule has 9 heteroatoms. The third-order valence-electron chi connectivity index (χ3n) is 3.99. The summed E-state index contributed by atoms with van der Waals surface area (Å²) in [6, 6.07) is 0. The highest BCUT2D eigenvalue weighted by molar-refractivity contribution is 5.73. The second-order valence-corrected chi connectivity index (χ2v) is 5.86. The van der Waals surface area contributed by atoms with E-state index in [9.17, 15) is 13.2 Å². The minimum absolute atomic E-state index is 0.767. The van der Waals surface area contributed by atoms with Gasteiger partial charge in [0, 0.05) is 31.6 Å². The molecule has 134 valence electrons. The van der Waals surface area contributed by atoms with Crippen molar-refractivity contribution in [3.05, 3.63) is 17.6 Å². The van der Waals surface area contributed by atoms with Crippen LogP contribution in [0.3, 0.4) is 0 Å². The molecule has 2 heterocycles. The minimum Gasteiger partial charge on any atom is -0.481 e. The summed E-state index contributed by atoms with van der Waals surface area (Å²) in [6.45, 7) is 3.51. The van der Waals surface area contributed by atoms with Crippen molar-refractivity contribution in [1.82, 2.24) is 14.9 Å². The predicted molar refractivity (Wildman–Crippen MR) is 78.8 cm³/mol. The summed E-state index contributed by atoms with van der Waals surface area (Å²) >= 11 is 0. The molecule has 0 saturated heterocycles. The number of carboxylic acids is 1. The molecule has 0 atom stereocenters. The molecule has 1 N–H and O–H groups in total. The summed E-state index contributed by atoms with van der Waals surface area (Å²) in [4.78, 5) is 20.1. The van der Waals surface area contributed by atoms with Crippen LogP contribution in [0.2, 0.25) is 0 Å². The number of nitrogens with zero attached hydrogens (tertiary/aromatic N) is 3. The van der Waals surface area contributed by atoms with Crippen molar-refractivity contribution in [2.45, 2.75) is 31.9 Å². The molecule has 0 aromatic carbocycles. The summed E-state index contributed by atoms with van der Waals surface area (Å²) in [5.41, 5.74) is 2.39. The molecular formula is C15H20F3N3O3. The fourth-order valence-corrected chi connectivity index (χ4v) is 2.57. The maximum absolute atomic E-state index is 10.6. The van der Waals surface area contributed by atoms with Crippen LogP contribution in [0, 0.1) is 5.92 Å². The highest BCUT2D eigenvalue weighted by Gasteiger charge is 2.38. The maximum Gasteiger partial charge on any atom is 0.490 e. The number of alkyl halides is 3. The van der Waals surface area contributed by atoms with E-state index in [2.05, 4.69) is 14.9 Å². The molecule has 1 saturated carbocycles. The fraction of sp³-hybridized carbons (Fsp3) is 0.667. The number of aliphatic carboxylic acids is 1. The van der Waals surface area contributed by atoms with E-state index in [1.54, 1.807) is 13.4 Å². The SMILES string of the molecule is COc1ncnc2c1CCN(CC1CC1)CC2.O=C(O)C(F)(F)F. The second kappa shape index (κ2) is 7.78. The van der Waals surface area contributed by atoms with Crippen molar-refractivity contribution in [2.75, 3.05) is 26.7 Å². The van der Waals surface area contributed by atoms with Gasteiger partial charge in [-0.15, -0.1) is 0 Å². The van der Waals surface area contributed by atoms with Crippen molar-refractivity contribution in [3.8, 4) is 5.88 Å². The van der Waals surface area contributed by atoms with Crippen LogP contribution in [0.25, 0.3) is 0 Å². The Labute approximate surface area is 137 Å². The first kappa shape index (κ1) is 18.4. The quantitative estimate of drug-likeness (QED) is 0.900. The lowest BCUT2D eigenvalue weighted by Crippen LogP contribution is -2.28. The van der Waals surface area contributed by atoms with Crippen LogP contribution in [0.5, 0.6) is 5.88 Å². The summed E-state index contributed by atoms with van der Waals surface area (Å²) in [6.07, 6.45) is 1.43. The molecule has 6 nitrogen and oxygen atoms in total. The van der Waals surface area contributed by atoms with Crippen molar-refractivity contribution in [3.63, 3.8) is 0 Å². The van der Waals surface area contributed by atoms with Crippen LogP contribution in [-0.2, 0) is 17.6 Å². The van der Waals surface area contributed by atoms with Crippen molar-refractivity contribution < 1.29 is 27.8 Å². The molecule has 1 fully saturated rings. The van der Waals surface area contributed by atoms with Gasteiger partial charge in [-0.1, -0.05) is 0 Å². The Morgan fingerprint density at radius 3 is 2.50 bits per heavy atom. The number of aromatic nitrogens is 2. The average molecular weight is 347 g/mol. The van der Waals surface area contributed by atoms with E-state index in [1.807, 2.05) is 0 Å². The van der Waals surface area contributed by atoms with Gasteiger partial charge in [-0.3, -0.25) is 0 Å². The molecule has 1 aliphatic heterocycles. The maximum atomic E-state index is 10.6. The van der Waals surface area contributed by atoms with E-state index in [0.717, 1.165) is 37.7 Å². The van der Waals surface area contributed by atoms with E-state index in [0.29, 0.717) is 0 Å². The number of ether oxygens (including phenoxy) is 1. The molecule has 24 heavy (non-hydrogen) atoms. The number of halogens is 3. The number of rotatable bonds is 3. The number of methoxy groups -OCH3 is 1. The lowest BCUT2D eigenvalue weighted by Gasteiger charge is -2.18. The molecule has 0 bridgehead atoms. The number of carbonyl (C=O) groups is 1. The molecule has 1 aromatic rings. The van der Waals surface area contributed by atoms with Gasteiger partial charge in [0.25, 0.3) is 0 Å². The smallest absolute Gasteiger partial charge is 0.481 e. The van der Waals surface area contributed by atoms with Gasteiger partial charge in [0.05, 0.1) is 12.8 Å².